The zero-order valence-corrected chi connectivity index (χ0v) is 8.05. The van der Waals surface area contributed by atoms with Crippen molar-refractivity contribution in [2.24, 2.45) is 5.73 Å². The van der Waals surface area contributed by atoms with Crippen LogP contribution in [0.25, 0.3) is 0 Å². The molecule has 0 aliphatic rings. The van der Waals surface area contributed by atoms with Crippen LogP contribution in [-0.2, 0) is 14.8 Å². The SMILES string of the molecule is CN(C)C(NS(C)(=O)=O)C(N)=O. The van der Waals surface area contributed by atoms with Gasteiger partial charge in [-0.1, -0.05) is 0 Å². The molecule has 1 atom stereocenters. The van der Waals surface area contributed by atoms with Crippen LogP contribution >= 0.6 is 0 Å². The summed E-state index contributed by atoms with van der Waals surface area (Å²) in [6, 6.07) is 0. The molecule has 72 valence electrons. The van der Waals surface area contributed by atoms with Gasteiger partial charge in [-0.3, -0.25) is 9.69 Å². The van der Waals surface area contributed by atoms with Gasteiger partial charge in [0.2, 0.25) is 10.0 Å². The third-order valence-corrected chi connectivity index (χ3v) is 1.76. The number of nitrogens with one attached hydrogen (secondary N) is 1. The first-order valence-corrected chi connectivity index (χ1v) is 5.06. The lowest BCUT2D eigenvalue weighted by Gasteiger charge is -2.20. The molecule has 0 radical (unpaired) electrons. The van der Waals surface area contributed by atoms with Crippen LogP contribution in [0, 0.1) is 0 Å². The Balaban J connectivity index is 4.46. The van der Waals surface area contributed by atoms with Gasteiger partial charge in [-0.05, 0) is 14.1 Å². The summed E-state index contributed by atoms with van der Waals surface area (Å²) in [6.07, 6.45) is -0.0214. The number of rotatable bonds is 4. The Morgan fingerprint density at radius 3 is 2.00 bits per heavy atom. The maximum Gasteiger partial charge on any atom is 0.250 e. The van der Waals surface area contributed by atoms with E-state index in [0.717, 1.165) is 6.26 Å². The maximum atomic E-state index is 10.7. The van der Waals surface area contributed by atoms with Crippen molar-refractivity contribution >= 4 is 15.9 Å². The first-order valence-electron chi connectivity index (χ1n) is 3.17. The number of hydrogen-bond acceptors (Lipinski definition) is 4. The molecule has 0 aliphatic heterocycles. The van der Waals surface area contributed by atoms with Gasteiger partial charge in [0.15, 0.2) is 6.17 Å². The Kier molecular flexibility index (Phi) is 3.62. The fourth-order valence-corrected chi connectivity index (χ4v) is 1.35. The van der Waals surface area contributed by atoms with Crippen molar-refractivity contribution in [1.82, 2.24) is 9.62 Å². The maximum absolute atomic E-state index is 10.7. The molecule has 0 saturated carbocycles. The number of carbonyl (C=O) groups is 1. The summed E-state index contributed by atoms with van der Waals surface area (Å²) < 4.78 is 23.5. The molecule has 0 aromatic carbocycles. The number of likely N-dealkylation sites (N-methyl/N-ethyl adjacent to an activating group) is 1. The quantitative estimate of drug-likeness (QED) is 0.503. The number of hydrogen-bond donors (Lipinski definition) is 2. The number of carbonyl (C=O) groups excluding carboxylic acids is 1. The van der Waals surface area contributed by atoms with Crippen LogP contribution in [0.3, 0.4) is 0 Å². The summed E-state index contributed by atoms with van der Waals surface area (Å²) in [4.78, 5) is 12.1. The van der Waals surface area contributed by atoms with Crippen LogP contribution in [0.2, 0.25) is 0 Å². The molecule has 12 heavy (non-hydrogen) atoms. The van der Waals surface area contributed by atoms with Gasteiger partial charge in [-0.2, -0.15) is 4.72 Å². The van der Waals surface area contributed by atoms with E-state index >= 15 is 0 Å². The van der Waals surface area contributed by atoms with Gasteiger partial charge < -0.3 is 5.73 Å². The topological polar surface area (TPSA) is 92.5 Å². The number of amides is 1. The van der Waals surface area contributed by atoms with E-state index in [2.05, 4.69) is 4.72 Å². The van der Waals surface area contributed by atoms with Crippen molar-refractivity contribution in [3.63, 3.8) is 0 Å². The Morgan fingerprint density at radius 2 is 1.92 bits per heavy atom. The predicted molar refractivity (Wildman–Crippen MR) is 44.6 cm³/mol. The van der Waals surface area contributed by atoms with Crippen molar-refractivity contribution in [2.45, 2.75) is 6.17 Å². The molecule has 0 saturated heterocycles. The molecule has 0 rings (SSSR count). The van der Waals surface area contributed by atoms with Crippen LogP contribution in [0.5, 0.6) is 0 Å². The molecule has 0 aromatic rings. The second-order valence-electron chi connectivity index (χ2n) is 2.66. The van der Waals surface area contributed by atoms with E-state index in [4.69, 9.17) is 5.73 Å². The van der Waals surface area contributed by atoms with Crippen molar-refractivity contribution in [1.29, 1.82) is 0 Å². The summed E-state index contributed by atoms with van der Waals surface area (Å²) in [7, 11) is -0.307. The van der Waals surface area contributed by atoms with Crippen molar-refractivity contribution in [3.05, 3.63) is 0 Å². The molecule has 0 bridgehead atoms. The summed E-state index contributed by atoms with van der Waals surface area (Å²) in [6.45, 7) is 0. The predicted octanol–water partition coefficient (Wildman–Crippen LogP) is -2.09. The average molecular weight is 195 g/mol. The lowest BCUT2D eigenvalue weighted by molar-refractivity contribution is -0.122. The standard InChI is InChI=1S/C5H13N3O3S/c1-8(2)5(4(6)9)7-12(3,10)11/h5,7H,1-3H3,(H2,6,9). The van der Waals surface area contributed by atoms with Gasteiger partial charge >= 0.3 is 0 Å². The summed E-state index contributed by atoms with van der Waals surface area (Å²) in [5.41, 5.74) is 4.94. The lowest BCUT2D eigenvalue weighted by Crippen LogP contribution is -2.52. The molecule has 0 aliphatic carbocycles. The minimum atomic E-state index is -3.41. The van der Waals surface area contributed by atoms with Crippen LogP contribution < -0.4 is 10.5 Å². The third kappa shape index (κ3) is 4.27. The first kappa shape index (κ1) is 11.3. The van der Waals surface area contributed by atoms with Crippen LogP contribution in [0.15, 0.2) is 0 Å². The monoisotopic (exact) mass is 195 g/mol. The molecule has 0 spiro atoms. The largest absolute Gasteiger partial charge is 0.367 e. The normalized spacial score (nSPS) is 14.7. The second-order valence-corrected chi connectivity index (χ2v) is 4.44. The minimum Gasteiger partial charge on any atom is -0.367 e. The average Bonchev–Trinajstić information content (AvgIpc) is 1.79. The first-order chi connectivity index (χ1) is 5.24. The third-order valence-electron chi connectivity index (χ3n) is 1.11. The van der Waals surface area contributed by atoms with Gasteiger partial charge in [-0.25, -0.2) is 8.42 Å². The highest BCUT2D eigenvalue weighted by Gasteiger charge is 2.20. The molecular formula is C5H13N3O3S. The molecule has 1 unspecified atom stereocenters. The number of sulfonamides is 1. The van der Waals surface area contributed by atoms with Gasteiger partial charge in [0, 0.05) is 0 Å². The molecule has 0 heterocycles. The van der Waals surface area contributed by atoms with Gasteiger partial charge in [0.1, 0.15) is 0 Å². The number of nitrogens with two attached hydrogens (primary N) is 1. The lowest BCUT2D eigenvalue weighted by atomic mass is 10.4. The molecule has 1 amide bonds. The van der Waals surface area contributed by atoms with E-state index in [0.29, 0.717) is 0 Å². The van der Waals surface area contributed by atoms with Crippen molar-refractivity contribution in [3.8, 4) is 0 Å². The van der Waals surface area contributed by atoms with E-state index in [-0.39, 0.29) is 0 Å². The van der Waals surface area contributed by atoms with E-state index in [1.807, 2.05) is 0 Å². The van der Waals surface area contributed by atoms with Gasteiger partial charge in [-0.15, -0.1) is 0 Å². The number of nitrogens with zero attached hydrogens (tertiary/aromatic N) is 1. The Morgan fingerprint density at radius 1 is 1.50 bits per heavy atom. The van der Waals surface area contributed by atoms with Crippen LogP contribution in [0.4, 0.5) is 0 Å². The Bertz CT molecular complexity index is 259. The second kappa shape index (κ2) is 3.83. The van der Waals surface area contributed by atoms with Gasteiger partial charge in [0.25, 0.3) is 5.91 Å². The molecule has 6 nitrogen and oxygen atoms in total. The molecule has 0 aromatic heterocycles. The smallest absolute Gasteiger partial charge is 0.250 e. The van der Waals surface area contributed by atoms with E-state index in [9.17, 15) is 13.2 Å². The van der Waals surface area contributed by atoms with Gasteiger partial charge in [0.05, 0.1) is 6.26 Å². The molecule has 0 fully saturated rings. The fourth-order valence-electron chi connectivity index (χ4n) is 0.621. The molecular weight excluding hydrogens is 182 g/mol. The van der Waals surface area contributed by atoms with E-state index < -0.39 is 22.1 Å². The zero-order chi connectivity index (χ0) is 9.94. The van der Waals surface area contributed by atoms with E-state index in [1.165, 1.54) is 4.90 Å². The summed E-state index contributed by atoms with van der Waals surface area (Å²) in [5, 5.41) is 0. The minimum absolute atomic E-state index is 0.731. The van der Waals surface area contributed by atoms with E-state index in [1.54, 1.807) is 14.1 Å². The Labute approximate surface area is 71.8 Å². The fraction of sp³-hybridized carbons (Fsp3) is 0.800. The van der Waals surface area contributed by atoms with Crippen LogP contribution in [-0.4, -0.2) is 45.7 Å². The highest BCUT2D eigenvalue weighted by atomic mass is 32.2. The Hall–Kier alpha value is -0.660. The van der Waals surface area contributed by atoms with Crippen molar-refractivity contribution in [2.75, 3.05) is 20.4 Å². The van der Waals surface area contributed by atoms with Crippen molar-refractivity contribution < 1.29 is 13.2 Å². The zero-order valence-electron chi connectivity index (χ0n) is 7.23. The highest BCUT2D eigenvalue weighted by molar-refractivity contribution is 7.88. The summed E-state index contributed by atoms with van der Waals surface area (Å²) in [5.74, 6) is -0.731. The van der Waals surface area contributed by atoms with Crippen LogP contribution in [0.1, 0.15) is 0 Å². The number of primary amides is 1. The molecule has 7 heteroatoms. The summed E-state index contributed by atoms with van der Waals surface area (Å²) >= 11 is 0. The highest BCUT2D eigenvalue weighted by Crippen LogP contribution is 1.89. The molecule has 3 N–H and O–H groups in total.